The van der Waals surface area contributed by atoms with Gasteiger partial charge in [-0.15, -0.1) is 0 Å². The lowest BCUT2D eigenvalue weighted by atomic mass is 10.0. The molecule has 0 saturated carbocycles. The Morgan fingerprint density at radius 2 is 1.31 bits per heavy atom. The molecule has 0 fully saturated rings. The van der Waals surface area contributed by atoms with Crippen LogP contribution in [0.15, 0.2) is 0 Å². The fraction of sp³-hybridized carbons (Fsp3) is 0.625. The summed E-state index contributed by atoms with van der Waals surface area (Å²) in [6.45, 7) is 4.56. The highest BCUT2D eigenvalue weighted by molar-refractivity contribution is 5.96. The zero-order chi connectivity index (χ0) is 22.9. The van der Waals surface area contributed by atoms with Gasteiger partial charge in [0.1, 0.15) is 18.1 Å². The number of hydrogen-bond acceptors (Lipinski definition) is 7. The van der Waals surface area contributed by atoms with Crippen LogP contribution in [0.5, 0.6) is 0 Å². The van der Waals surface area contributed by atoms with Gasteiger partial charge in [-0.1, -0.05) is 13.8 Å². The van der Waals surface area contributed by atoms with Gasteiger partial charge in [-0.25, -0.2) is 4.79 Å². The number of nitrogens with one attached hydrogen (secondary N) is 3. The number of carbonyl (C=O) groups is 6. The van der Waals surface area contributed by atoms with E-state index in [1.54, 1.807) is 13.8 Å². The standard InChI is InChI=1S/C16H27N5O8/c1-6(2)12(18)15(27)20-8(4-10(17)22)14(26)19-7(3)13(25)21-9(16(28)29)5-11(23)24/h6-9,12H,4-5,18H2,1-3H3,(H2,17,22)(H,19,26)(H,20,27)(H,21,25)(H,23,24)(H,28,29). The Bertz CT molecular complexity index is 666. The lowest BCUT2D eigenvalue weighted by molar-refractivity contribution is -0.147. The predicted octanol–water partition coefficient (Wildman–Crippen LogP) is -3.12. The molecule has 13 heteroatoms. The number of aliphatic carboxylic acids is 2. The molecule has 0 radical (unpaired) electrons. The largest absolute Gasteiger partial charge is 0.481 e. The molecule has 0 aliphatic rings. The molecular weight excluding hydrogens is 390 g/mol. The molecule has 9 N–H and O–H groups in total. The number of amides is 4. The van der Waals surface area contributed by atoms with Gasteiger partial charge in [-0.05, 0) is 12.8 Å². The van der Waals surface area contributed by atoms with E-state index in [-0.39, 0.29) is 5.92 Å². The molecular formula is C16H27N5O8. The third kappa shape index (κ3) is 9.51. The van der Waals surface area contributed by atoms with E-state index < -0.39 is 72.6 Å². The third-order valence-corrected chi connectivity index (χ3v) is 3.80. The summed E-state index contributed by atoms with van der Waals surface area (Å²) in [5, 5.41) is 24.1. The highest BCUT2D eigenvalue weighted by Crippen LogP contribution is 2.01. The van der Waals surface area contributed by atoms with Crippen LogP contribution in [0.3, 0.4) is 0 Å². The molecule has 0 aliphatic heterocycles. The van der Waals surface area contributed by atoms with Gasteiger partial charge in [-0.3, -0.25) is 24.0 Å². The maximum Gasteiger partial charge on any atom is 0.326 e. The van der Waals surface area contributed by atoms with Gasteiger partial charge in [-0.2, -0.15) is 0 Å². The van der Waals surface area contributed by atoms with Crippen molar-refractivity contribution in [2.75, 3.05) is 0 Å². The van der Waals surface area contributed by atoms with Gasteiger partial charge in [0.25, 0.3) is 0 Å². The second kappa shape index (κ2) is 11.6. The van der Waals surface area contributed by atoms with Gasteiger partial charge < -0.3 is 37.6 Å². The molecule has 0 aliphatic carbocycles. The first-order valence-corrected chi connectivity index (χ1v) is 8.65. The maximum atomic E-state index is 12.4. The first-order chi connectivity index (χ1) is 13.3. The van der Waals surface area contributed by atoms with Gasteiger partial charge in [0.15, 0.2) is 0 Å². The van der Waals surface area contributed by atoms with Crippen LogP contribution in [-0.4, -0.2) is 69.9 Å². The fourth-order valence-corrected chi connectivity index (χ4v) is 2.03. The van der Waals surface area contributed by atoms with E-state index in [0.29, 0.717) is 0 Å². The van der Waals surface area contributed by atoms with E-state index in [1.807, 2.05) is 5.32 Å². The fourth-order valence-electron chi connectivity index (χ4n) is 2.03. The van der Waals surface area contributed by atoms with Gasteiger partial charge in [0.2, 0.25) is 23.6 Å². The lowest BCUT2D eigenvalue weighted by Gasteiger charge is -2.23. The number of carboxylic acids is 2. The molecule has 4 unspecified atom stereocenters. The first-order valence-electron chi connectivity index (χ1n) is 8.65. The van der Waals surface area contributed by atoms with Gasteiger partial charge in [0.05, 0.1) is 18.9 Å². The van der Waals surface area contributed by atoms with E-state index in [9.17, 15) is 28.8 Å². The Labute approximate surface area is 166 Å². The van der Waals surface area contributed by atoms with E-state index in [1.165, 1.54) is 6.92 Å². The van der Waals surface area contributed by atoms with Crippen molar-refractivity contribution >= 4 is 35.6 Å². The second-order valence-electron chi connectivity index (χ2n) is 6.73. The molecule has 4 amide bonds. The molecule has 164 valence electrons. The number of primary amides is 1. The summed E-state index contributed by atoms with van der Waals surface area (Å²) in [5.41, 5.74) is 10.8. The average molecular weight is 417 g/mol. The number of carbonyl (C=O) groups excluding carboxylic acids is 4. The van der Waals surface area contributed by atoms with Crippen LogP contribution in [-0.2, 0) is 28.8 Å². The lowest BCUT2D eigenvalue weighted by Crippen LogP contribution is -2.57. The van der Waals surface area contributed by atoms with E-state index >= 15 is 0 Å². The number of carboxylic acid groups (broad SMARTS) is 2. The molecule has 0 bridgehead atoms. The van der Waals surface area contributed by atoms with Crippen molar-refractivity contribution < 1.29 is 39.0 Å². The van der Waals surface area contributed by atoms with Crippen LogP contribution in [0.1, 0.15) is 33.6 Å². The molecule has 0 aromatic heterocycles. The molecule has 4 atom stereocenters. The van der Waals surface area contributed by atoms with Crippen molar-refractivity contribution in [1.82, 2.24) is 16.0 Å². The van der Waals surface area contributed by atoms with Crippen LogP contribution in [0, 0.1) is 5.92 Å². The predicted molar refractivity (Wildman–Crippen MR) is 98.0 cm³/mol. The SMILES string of the molecule is CC(NC(=O)C(CC(N)=O)NC(=O)C(N)C(C)C)C(=O)NC(CC(=O)O)C(=O)O. The van der Waals surface area contributed by atoms with E-state index in [4.69, 9.17) is 21.7 Å². The van der Waals surface area contributed by atoms with Crippen molar-refractivity contribution in [3.8, 4) is 0 Å². The summed E-state index contributed by atoms with van der Waals surface area (Å²) in [5.74, 6) is -6.77. The number of nitrogens with two attached hydrogens (primary N) is 2. The number of hydrogen-bond donors (Lipinski definition) is 7. The summed E-state index contributed by atoms with van der Waals surface area (Å²) in [7, 11) is 0. The second-order valence-corrected chi connectivity index (χ2v) is 6.73. The topological polar surface area (TPSA) is 231 Å². The Kier molecular flexibility index (Phi) is 10.3. The zero-order valence-electron chi connectivity index (χ0n) is 16.3. The van der Waals surface area contributed by atoms with Crippen LogP contribution < -0.4 is 27.4 Å². The van der Waals surface area contributed by atoms with Gasteiger partial charge in [0, 0.05) is 0 Å². The van der Waals surface area contributed by atoms with Crippen molar-refractivity contribution in [2.24, 2.45) is 17.4 Å². The number of rotatable bonds is 12. The van der Waals surface area contributed by atoms with Crippen molar-refractivity contribution in [1.29, 1.82) is 0 Å². The minimum atomic E-state index is -1.70. The summed E-state index contributed by atoms with van der Waals surface area (Å²) >= 11 is 0. The van der Waals surface area contributed by atoms with E-state index in [2.05, 4.69) is 10.6 Å². The minimum absolute atomic E-state index is 0.251. The summed E-state index contributed by atoms with van der Waals surface area (Å²) < 4.78 is 0. The van der Waals surface area contributed by atoms with Crippen LogP contribution in [0.2, 0.25) is 0 Å². The zero-order valence-corrected chi connectivity index (χ0v) is 16.3. The Hall–Kier alpha value is -3.22. The maximum absolute atomic E-state index is 12.4. The van der Waals surface area contributed by atoms with Crippen molar-refractivity contribution in [2.45, 2.75) is 57.8 Å². The molecule has 29 heavy (non-hydrogen) atoms. The summed E-state index contributed by atoms with van der Waals surface area (Å²) in [4.78, 5) is 69.3. The minimum Gasteiger partial charge on any atom is -0.481 e. The summed E-state index contributed by atoms with van der Waals surface area (Å²) in [6, 6.07) is -5.37. The highest BCUT2D eigenvalue weighted by Gasteiger charge is 2.30. The molecule has 0 aromatic carbocycles. The molecule has 0 rings (SSSR count). The highest BCUT2D eigenvalue weighted by atomic mass is 16.4. The Balaban J connectivity index is 5.11. The smallest absolute Gasteiger partial charge is 0.326 e. The monoisotopic (exact) mass is 417 g/mol. The quantitative estimate of drug-likeness (QED) is 0.170. The summed E-state index contributed by atoms with van der Waals surface area (Å²) in [6.07, 6.45) is -1.43. The molecule has 0 spiro atoms. The first kappa shape index (κ1) is 25.8. The Morgan fingerprint density at radius 1 is 0.793 bits per heavy atom. The van der Waals surface area contributed by atoms with E-state index in [0.717, 1.165) is 0 Å². The third-order valence-electron chi connectivity index (χ3n) is 3.80. The Morgan fingerprint density at radius 3 is 1.72 bits per heavy atom. The molecule has 13 nitrogen and oxygen atoms in total. The van der Waals surface area contributed by atoms with Crippen LogP contribution in [0.4, 0.5) is 0 Å². The molecule has 0 saturated heterocycles. The molecule has 0 aromatic rings. The molecule has 0 heterocycles. The van der Waals surface area contributed by atoms with Gasteiger partial charge >= 0.3 is 11.9 Å². The van der Waals surface area contributed by atoms with Crippen LogP contribution in [0.25, 0.3) is 0 Å². The van der Waals surface area contributed by atoms with Crippen molar-refractivity contribution in [3.63, 3.8) is 0 Å². The van der Waals surface area contributed by atoms with Crippen LogP contribution >= 0.6 is 0 Å². The normalized spacial score (nSPS) is 14.8. The average Bonchev–Trinajstić information content (AvgIpc) is 2.58. The van der Waals surface area contributed by atoms with Crippen molar-refractivity contribution in [3.05, 3.63) is 0 Å².